The van der Waals surface area contributed by atoms with E-state index < -0.39 is 15.8 Å². The number of thiocarbonyl (C=S) groups is 1. The van der Waals surface area contributed by atoms with Crippen LogP contribution >= 0.6 is 12.2 Å². The van der Waals surface area contributed by atoms with Crippen molar-refractivity contribution in [3.63, 3.8) is 0 Å². The van der Waals surface area contributed by atoms with Gasteiger partial charge in [0.15, 0.2) is 0 Å². The molecule has 5 nitrogen and oxygen atoms in total. The van der Waals surface area contributed by atoms with E-state index in [1.165, 1.54) is 4.90 Å². The third kappa shape index (κ3) is 5.41. The van der Waals surface area contributed by atoms with Crippen LogP contribution in [0.4, 0.5) is 0 Å². The molecule has 2 N–H and O–H groups in total. The Labute approximate surface area is 102 Å². The molecule has 1 atom stereocenters. The molecular weight excluding hydrogens is 248 g/mol. The van der Waals surface area contributed by atoms with Crippen LogP contribution in [0.3, 0.4) is 0 Å². The van der Waals surface area contributed by atoms with E-state index in [1.54, 1.807) is 7.05 Å². The van der Waals surface area contributed by atoms with Crippen LogP contribution in [-0.2, 0) is 14.6 Å². The maximum atomic E-state index is 11.8. The molecular formula is C9H18N2O3S2. The third-order valence-electron chi connectivity index (χ3n) is 2.22. The SMILES string of the molecule is CCC(C(=O)N(C)CCS(C)(=O)=O)C(N)=S. The summed E-state index contributed by atoms with van der Waals surface area (Å²) >= 11 is 4.78. The summed E-state index contributed by atoms with van der Waals surface area (Å²) in [5.41, 5.74) is 5.43. The highest BCUT2D eigenvalue weighted by atomic mass is 32.2. The molecule has 0 fully saturated rings. The predicted molar refractivity (Wildman–Crippen MR) is 67.9 cm³/mol. The number of carbonyl (C=O) groups excluding carboxylic acids is 1. The Morgan fingerprint density at radius 1 is 1.50 bits per heavy atom. The van der Waals surface area contributed by atoms with Crippen molar-refractivity contribution < 1.29 is 13.2 Å². The number of nitrogens with zero attached hydrogens (tertiary/aromatic N) is 1. The van der Waals surface area contributed by atoms with Gasteiger partial charge < -0.3 is 10.6 Å². The first-order valence-corrected chi connectivity index (χ1v) is 7.38. The van der Waals surface area contributed by atoms with Gasteiger partial charge in [0.2, 0.25) is 5.91 Å². The molecule has 7 heteroatoms. The zero-order chi connectivity index (χ0) is 12.9. The number of nitrogens with two attached hydrogens (primary N) is 1. The Bertz CT molecular complexity index is 365. The molecule has 0 aromatic rings. The second kappa shape index (κ2) is 6.15. The van der Waals surface area contributed by atoms with Gasteiger partial charge in [-0.2, -0.15) is 0 Å². The van der Waals surface area contributed by atoms with Gasteiger partial charge in [0.05, 0.1) is 16.7 Å². The van der Waals surface area contributed by atoms with Crippen molar-refractivity contribution in [1.82, 2.24) is 4.90 Å². The van der Waals surface area contributed by atoms with E-state index in [9.17, 15) is 13.2 Å². The van der Waals surface area contributed by atoms with Gasteiger partial charge in [0, 0.05) is 19.8 Å². The summed E-state index contributed by atoms with van der Waals surface area (Å²) in [5, 5.41) is 0. The topological polar surface area (TPSA) is 80.5 Å². The monoisotopic (exact) mass is 266 g/mol. The second-order valence-electron chi connectivity index (χ2n) is 3.75. The number of amides is 1. The minimum Gasteiger partial charge on any atom is -0.393 e. The van der Waals surface area contributed by atoms with Crippen LogP contribution in [-0.4, -0.2) is 49.8 Å². The van der Waals surface area contributed by atoms with Crippen molar-refractivity contribution in [2.24, 2.45) is 11.7 Å². The maximum Gasteiger partial charge on any atom is 0.232 e. The average molecular weight is 266 g/mol. The summed E-state index contributed by atoms with van der Waals surface area (Å²) in [6.07, 6.45) is 1.66. The standard InChI is InChI=1S/C9H18N2O3S2/c1-4-7(8(10)15)9(12)11(2)5-6-16(3,13)14/h7H,4-6H2,1-3H3,(H2,10,15). The first-order chi connectivity index (χ1) is 7.19. The van der Waals surface area contributed by atoms with Crippen LogP contribution < -0.4 is 5.73 Å². The van der Waals surface area contributed by atoms with Gasteiger partial charge in [-0.15, -0.1) is 0 Å². The predicted octanol–water partition coefficient (Wildman–Crippen LogP) is -0.198. The molecule has 0 aliphatic rings. The molecule has 0 bridgehead atoms. The number of rotatable bonds is 6. The van der Waals surface area contributed by atoms with E-state index in [0.717, 1.165) is 6.26 Å². The van der Waals surface area contributed by atoms with Gasteiger partial charge in [-0.1, -0.05) is 19.1 Å². The van der Waals surface area contributed by atoms with Crippen LogP contribution in [0.25, 0.3) is 0 Å². The Hall–Kier alpha value is -0.690. The molecule has 0 aliphatic carbocycles. The molecule has 1 amide bonds. The fraction of sp³-hybridized carbons (Fsp3) is 0.778. The van der Waals surface area contributed by atoms with E-state index in [4.69, 9.17) is 18.0 Å². The highest BCUT2D eigenvalue weighted by Crippen LogP contribution is 2.07. The van der Waals surface area contributed by atoms with Crippen LogP contribution in [0, 0.1) is 5.92 Å². The van der Waals surface area contributed by atoms with Gasteiger partial charge >= 0.3 is 0 Å². The van der Waals surface area contributed by atoms with Crippen molar-refractivity contribution in [3.05, 3.63) is 0 Å². The molecule has 1 unspecified atom stereocenters. The summed E-state index contributed by atoms with van der Waals surface area (Å²) in [6, 6.07) is 0. The van der Waals surface area contributed by atoms with Gasteiger partial charge in [-0.25, -0.2) is 8.42 Å². The summed E-state index contributed by atoms with van der Waals surface area (Å²) in [4.78, 5) is 13.3. The molecule has 0 saturated carbocycles. The van der Waals surface area contributed by atoms with E-state index >= 15 is 0 Å². The number of carbonyl (C=O) groups is 1. The van der Waals surface area contributed by atoms with Crippen molar-refractivity contribution in [1.29, 1.82) is 0 Å². The molecule has 0 heterocycles. The van der Waals surface area contributed by atoms with Crippen LogP contribution in [0.2, 0.25) is 0 Å². The summed E-state index contributed by atoms with van der Waals surface area (Å²) in [7, 11) is -1.51. The smallest absolute Gasteiger partial charge is 0.232 e. The number of sulfone groups is 1. The fourth-order valence-corrected chi connectivity index (χ4v) is 2.05. The zero-order valence-corrected chi connectivity index (χ0v) is 11.4. The normalized spacial score (nSPS) is 13.2. The Balaban J connectivity index is 4.44. The quantitative estimate of drug-likeness (QED) is 0.674. The van der Waals surface area contributed by atoms with Crippen molar-refractivity contribution >= 4 is 33.0 Å². The number of hydrogen-bond donors (Lipinski definition) is 1. The molecule has 0 radical (unpaired) electrons. The molecule has 0 saturated heterocycles. The lowest BCUT2D eigenvalue weighted by atomic mass is 10.1. The lowest BCUT2D eigenvalue weighted by molar-refractivity contribution is -0.131. The lowest BCUT2D eigenvalue weighted by Gasteiger charge is -2.21. The first kappa shape index (κ1) is 15.3. The molecule has 0 spiro atoms. The minimum absolute atomic E-state index is 0.0526. The number of hydrogen-bond acceptors (Lipinski definition) is 4. The highest BCUT2D eigenvalue weighted by Gasteiger charge is 2.23. The first-order valence-electron chi connectivity index (χ1n) is 4.91. The van der Waals surface area contributed by atoms with E-state index in [2.05, 4.69) is 0 Å². The molecule has 0 aromatic carbocycles. The van der Waals surface area contributed by atoms with Gasteiger partial charge in [-0.3, -0.25) is 4.79 Å². The maximum absolute atomic E-state index is 11.8. The van der Waals surface area contributed by atoms with Gasteiger partial charge in [0.25, 0.3) is 0 Å². The van der Waals surface area contributed by atoms with Gasteiger partial charge in [0.1, 0.15) is 9.84 Å². The van der Waals surface area contributed by atoms with Crippen LogP contribution in [0.5, 0.6) is 0 Å². The van der Waals surface area contributed by atoms with Crippen molar-refractivity contribution in [2.45, 2.75) is 13.3 Å². The Morgan fingerprint density at radius 3 is 2.31 bits per heavy atom. The molecule has 0 rings (SSSR count). The van der Waals surface area contributed by atoms with Gasteiger partial charge in [-0.05, 0) is 6.42 Å². The lowest BCUT2D eigenvalue weighted by Crippen LogP contribution is -2.40. The van der Waals surface area contributed by atoms with E-state index in [0.29, 0.717) is 6.42 Å². The summed E-state index contributed by atoms with van der Waals surface area (Å²) in [5.74, 6) is -0.776. The summed E-state index contributed by atoms with van der Waals surface area (Å²) in [6.45, 7) is 1.98. The molecule has 94 valence electrons. The Kier molecular flexibility index (Phi) is 5.88. The van der Waals surface area contributed by atoms with Crippen molar-refractivity contribution in [3.8, 4) is 0 Å². The second-order valence-corrected chi connectivity index (χ2v) is 6.48. The van der Waals surface area contributed by atoms with Crippen molar-refractivity contribution in [2.75, 3.05) is 25.6 Å². The van der Waals surface area contributed by atoms with Crippen LogP contribution in [0.15, 0.2) is 0 Å². The summed E-state index contributed by atoms with van der Waals surface area (Å²) < 4.78 is 21.9. The third-order valence-corrected chi connectivity index (χ3v) is 3.43. The fourth-order valence-electron chi connectivity index (χ4n) is 1.18. The minimum atomic E-state index is -3.06. The van der Waals surface area contributed by atoms with E-state index in [-0.39, 0.29) is 23.2 Å². The zero-order valence-electron chi connectivity index (χ0n) is 9.76. The van der Waals surface area contributed by atoms with Crippen LogP contribution in [0.1, 0.15) is 13.3 Å². The Morgan fingerprint density at radius 2 is 2.00 bits per heavy atom. The van der Waals surface area contributed by atoms with E-state index in [1.807, 2.05) is 6.92 Å². The average Bonchev–Trinajstić information content (AvgIpc) is 2.13. The molecule has 0 aromatic heterocycles. The molecule has 16 heavy (non-hydrogen) atoms. The largest absolute Gasteiger partial charge is 0.393 e. The molecule has 0 aliphatic heterocycles. The highest BCUT2D eigenvalue weighted by molar-refractivity contribution is 7.90.